The highest BCUT2D eigenvalue weighted by molar-refractivity contribution is 5.94. The number of aromatic nitrogens is 2. The van der Waals surface area contributed by atoms with Crippen LogP contribution in [-0.4, -0.2) is 52.3 Å². The molecule has 2 heterocycles. The second-order valence-electron chi connectivity index (χ2n) is 8.49. The van der Waals surface area contributed by atoms with Crippen LogP contribution < -0.4 is 10.6 Å². The number of nitrogens with one attached hydrogen (secondary N) is 2. The van der Waals surface area contributed by atoms with Gasteiger partial charge in [0, 0.05) is 30.7 Å². The molecule has 1 unspecified atom stereocenters. The first-order valence-electron chi connectivity index (χ1n) is 11.7. The van der Waals surface area contributed by atoms with Crippen LogP contribution in [0.5, 0.6) is 0 Å². The van der Waals surface area contributed by atoms with Crippen LogP contribution in [0.4, 0.5) is 16.2 Å². The van der Waals surface area contributed by atoms with Crippen molar-refractivity contribution in [2.45, 2.75) is 26.7 Å². The number of ether oxygens (including phenoxy) is 1. The van der Waals surface area contributed by atoms with Gasteiger partial charge in [-0.1, -0.05) is 12.1 Å². The summed E-state index contributed by atoms with van der Waals surface area (Å²) in [6.45, 7) is 4.99. The number of carbonyl (C=O) groups is 3. The van der Waals surface area contributed by atoms with E-state index in [0.717, 1.165) is 29.8 Å². The number of likely N-dealkylation sites (tertiary alicyclic amines) is 1. The summed E-state index contributed by atoms with van der Waals surface area (Å²) in [6, 6.07) is 16.2. The Morgan fingerprint density at radius 2 is 1.86 bits per heavy atom. The number of amides is 3. The molecule has 3 aromatic rings. The van der Waals surface area contributed by atoms with Crippen molar-refractivity contribution < 1.29 is 19.1 Å². The summed E-state index contributed by atoms with van der Waals surface area (Å²) in [5.74, 6) is -0.872. The van der Waals surface area contributed by atoms with Crippen LogP contribution in [0.1, 0.15) is 35.8 Å². The zero-order valence-corrected chi connectivity index (χ0v) is 19.9. The summed E-state index contributed by atoms with van der Waals surface area (Å²) >= 11 is 0. The Morgan fingerprint density at radius 1 is 1.06 bits per heavy atom. The maximum Gasteiger partial charge on any atom is 0.358 e. The molecule has 2 aromatic carbocycles. The maximum absolute atomic E-state index is 12.9. The largest absolute Gasteiger partial charge is 0.461 e. The van der Waals surface area contributed by atoms with Gasteiger partial charge in [0.2, 0.25) is 5.91 Å². The van der Waals surface area contributed by atoms with E-state index in [0.29, 0.717) is 18.8 Å². The Kier molecular flexibility index (Phi) is 7.45. The second kappa shape index (κ2) is 10.9. The molecule has 1 saturated heterocycles. The van der Waals surface area contributed by atoms with Gasteiger partial charge < -0.3 is 20.3 Å². The van der Waals surface area contributed by atoms with E-state index in [1.807, 2.05) is 31.2 Å². The van der Waals surface area contributed by atoms with E-state index in [2.05, 4.69) is 15.7 Å². The van der Waals surface area contributed by atoms with Crippen molar-refractivity contribution in [1.29, 1.82) is 0 Å². The molecule has 9 heteroatoms. The minimum atomic E-state index is -0.468. The van der Waals surface area contributed by atoms with Crippen molar-refractivity contribution in [2.75, 3.05) is 30.3 Å². The van der Waals surface area contributed by atoms with Crippen molar-refractivity contribution in [2.24, 2.45) is 5.92 Å². The van der Waals surface area contributed by atoms with Gasteiger partial charge in [0.25, 0.3) is 0 Å². The van der Waals surface area contributed by atoms with Gasteiger partial charge in [-0.25, -0.2) is 14.3 Å². The zero-order chi connectivity index (χ0) is 24.8. The third kappa shape index (κ3) is 6.06. The van der Waals surface area contributed by atoms with Crippen molar-refractivity contribution in [3.05, 3.63) is 72.1 Å². The molecule has 9 nitrogen and oxygen atoms in total. The molecular weight excluding hydrogens is 446 g/mol. The number of hydrogen-bond donors (Lipinski definition) is 2. The lowest BCUT2D eigenvalue weighted by Crippen LogP contribution is -2.45. The van der Waals surface area contributed by atoms with Crippen molar-refractivity contribution in [3.8, 4) is 5.69 Å². The molecule has 0 saturated carbocycles. The van der Waals surface area contributed by atoms with Crippen LogP contribution in [0.3, 0.4) is 0 Å². The smallest absolute Gasteiger partial charge is 0.358 e. The third-order valence-electron chi connectivity index (χ3n) is 5.82. The normalized spacial score (nSPS) is 15.4. The molecule has 0 radical (unpaired) electrons. The molecule has 3 amide bonds. The van der Waals surface area contributed by atoms with Gasteiger partial charge in [0.05, 0.1) is 18.2 Å². The Hall–Kier alpha value is -4.14. The van der Waals surface area contributed by atoms with E-state index >= 15 is 0 Å². The fourth-order valence-corrected chi connectivity index (χ4v) is 4.02. The van der Waals surface area contributed by atoms with Crippen LogP contribution in [-0.2, 0) is 9.53 Å². The average molecular weight is 476 g/mol. The predicted octanol–water partition coefficient (Wildman–Crippen LogP) is 4.24. The number of aryl methyl sites for hydroxylation is 1. The molecule has 4 rings (SSSR count). The van der Waals surface area contributed by atoms with E-state index in [-0.39, 0.29) is 30.2 Å². The maximum atomic E-state index is 12.9. The van der Waals surface area contributed by atoms with E-state index in [1.165, 1.54) is 0 Å². The van der Waals surface area contributed by atoms with Gasteiger partial charge in [0.15, 0.2) is 5.69 Å². The number of hydrogen-bond acceptors (Lipinski definition) is 5. The molecular formula is C26H29N5O4. The van der Waals surface area contributed by atoms with Gasteiger partial charge >= 0.3 is 12.0 Å². The molecule has 35 heavy (non-hydrogen) atoms. The SMILES string of the molecule is CCOC(=O)c1ccn(-c2ccc(NC(=O)C3CCCN(C(=O)Nc4cccc(C)c4)C3)cc2)n1. The molecule has 2 N–H and O–H groups in total. The highest BCUT2D eigenvalue weighted by Gasteiger charge is 2.28. The zero-order valence-electron chi connectivity index (χ0n) is 19.9. The number of anilines is 2. The van der Waals surface area contributed by atoms with Crippen molar-refractivity contribution in [3.63, 3.8) is 0 Å². The number of nitrogens with zero attached hydrogens (tertiary/aromatic N) is 3. The molecule has 1 aliphatic rings. The van der Waals surface area contributed by atoms with Crippen LogP contribution in [0, 0.1) is 12.8 Å². The third-order valence-corrected chi connectivity index (χ3v) is 5.82. The monoisotopic (exact) mass is 475 g/mol. The topological polar surface area (TPSA) is 106 Å². The van der Waals surface area contributed by atoms with Crippen molar-refractivity contribution in [1.82, 2.24) is 14.7 Å². The molecule has 1 atom stereocenters. The minimum absolute atomic E-state index is 0.116. The number of piperidine rings is 1. The van der Waals surface area contributed by atoms with Gasteiger partial charge in [0.1, 0.15) is 0 Å². The number of carbonyl (C=O) groups excluding carboxylic acids is 3. The number of benzene rings is 2. The lowest BCUT2D eigenvalue weighted by atomic mass is 9.97. The van der Waals surface area contributed by atoms with E-state index in [4.69, 9.17) is 4.74 Å². The molecule has 0 bridgehead atoms. The highest BCUT2D eigenvalue weighted by Crippen LogP contribution is 2.21. The highest BCUT2D eigenvalue weighted by atomic mass is 16.5. The van der Waals surface area contributed by atoms with E-state index in [9.17, 15) is 14.4 Å². The second-order valence-corrected chi connectivity index (χ2v) is 8.49. The Bertz CT molecular complexity index is 1200. The van der Waals surface area contributed by atoms with Crippen molar-refractivity contribution >= 4 is 29.3 Å². The molecule has 1 aromatic heterocycles. The summed E-state index contributed by atoms with van der Waals surface area (Å²) in [4.78, 5) is 39.1. The molecule has 0 spiro atoms. The average Bonchev–Trinajstić information content (AvgIpc) is 3.35. The number of rotatable bonds is 6. The molecule has 182 valence electrons. The van der Waals surface area contributed by atoms with Crippen LogP contribution >= 0.6 is 0 Å². The Balaban J connectivity index is 1.33. The first-order chi connectivity index (χ1) is 16.9. The quantitative estimate of drug-likeness (QED) is 0.519. The fraction of sp³-hybridized carbons (Fsp3) is 0.308. The first kappa shape index (κ1) is 24.0. The fourth-order valence-electron chi connectivity index (χ4n) is 4.02. The van der Waals surface area contributed by atoms with Crippen LogP contribution in [0.2, 0.25) is 0 Å². The van der Waals surface area contributed by atoms with E-state index < -0.39 is 5.97 Å². The lowest BCUT2D eigenvalue weighted by molar-refractivity contribution is -0.121. The predicted molar refractivity (Wildman–Crippen MR) is 133 cm³/mol. The van der Waals surface area contributed by atoms with E-state index in [1.54, 1.807) is 53.0 Å². The van der Waals surface area contributed by atoms with Gasteiger partial charge in [-0.05, 0) is 74.7 Å². The standard InChI is InChI=1S/C26H29N5O4/c1-3-35-25(33)23-13-15-31(29-23)22-11-9-20(10-12-22)27-24(32)19-7-5-14-30(17-19)26(34)28-21-8-4-6-18(2)16-21/h4,6,8-13,15-16,19H,3,5,7,14,17H2,1-2H3,(H,27,32)(H,28,34). The Labute approximate surface area is 204 Å². The summed E-state index contributed by atoms with van der Waals surface area (Å²) < 4.78 is 6.54. The summed E-state index contributed by atoms with van der Waals surface area (Å²) in [5.41, 5.74) is 3.44. The summed E-state index contributed by atoms with van der Waals surface area (Å²) in [6.07, 6.45) is 3.17. The molecule has 1 aliphatic heterocycles. The van der Waals surface area contributed by atoms with Gasteiger partial charge in [-0.3, -0.25) is 4.79 Å². The minimum Gasteiger partial charge on any atom is -0.461 e. The first-order valence-corrected chi connectivity index (χ1v) is 11.7. The Morgan fingerprint density at radius 3 is 2.60 bits per heavy atom. The lowest BCUT2D eigenvalue weighted by Gasteiger charge is -2.32. The van der Waals surface area contributed by atoms with Gasteiger partial charge in [-0.2, -0.15) is 5.10 Å². The summed E-state index contributed by atoms with van der Waals surface area (Å²) in [7, 11) is 0. The summed E-state index contributed by atoms with van der Waals surface area (Å²) in [5, 5.41) is 10.1. The molecule has 0 aliphatic carbocycles. The molecule has 1 fully saturated rings. The number of esters is 1. The van der Waals surface area contributed by atoms with Gasteiger partial charge in [-0.15, -0.1) is 0 Å². The van der Waals surface area contributed by atoms with Crippen LogP contribution in [0.25, 0.3) is 5.69 Å². The van der Waals surface area contributed by atoms with Crippen LogP contribution in [0.15, 0.2) is 60.8 Å². The number of urea groups is 1.